The van der Waals surface area contributed by atoms with Crippen molar-refractivity contribution in [2.75, 3.05) is 0 Å². The summed E-state index contributed by atoms with van der Waals surface area (Å²) in [6, 6.07) is 1.30. The minimum absolute atomic E-state index is 0.0821. The van der Waals surface area contributed by atoms with Crippen LogP contribution in [-0.2, 0) is 13.5 Å². The van der Waals surface area contributed by atoms with Gasteiger partial charge in [-0.2, -0.15) is 5.10 Å². The fourth-order valence-corrected chi connectivity index (χ4v) is 2.58. The normalized spacial score (nSPS) is 12.7. The van der Waals surface area contributed by atoms with Crippen molar-refractivity contribution in [3.63, 3.8) is 0 Å². The Balaban J connectivity index is 2.39. The fourth-order valence-electron chi connectivity index (χ4n) is 2.17. The van der Waals surface area contributed by atoms with E-state index in [-0.39, 0.29) is 17.0 Å². The second-order valence-electron chi connectivity index (χ2n) is 4.69. The molecule has 0 saturated carbocycles. The number of hydrazine groups is 1. The van der Waals surface area contributed by atoms with Crippen LogP contribution in [0.3, 0.4) is 0 Å². The minimum atomic E-state index is -0.706. The summed E-state index contributed by atoms with van der Waals surface area (Å²) < 4.78 is 29.0. The molecule has 114 valence electrons. The number of nitrogens with one attached hydrogen (secondary N) is 1. The van der Waals surface area contributed by atoms with Gasteiger partial charge in [-0.25, -0.2) is 8.78 Å². The van der Waals surface area contributed by atoms with Gasteiger partial charge in [0.1, 0.15) is 16.8 Å². The largest absolute Gasteiger partial charge is 0.271 e. The molecule has 0 aliphatic carbocycles. The van der Waals surface area contributed by atoms with E-state index < -0.39 is 17.7 Å². The van der Waals surface area contributed by atoms with Gasteiger partial charge in [0.25, 0.3) is 0 Å². The highest BCUT2D eigenvalue weighted by Crippen LogP contribution is 2.29. The van der Waals surface area contributed by atoms with E-state index in [0.29, 0.717) is 10.8 Å². The van der Waals surface area contributed by atoms with E-state index in [1.54, 1.807) is 14.0 Å². The number of rotatable bonds is 4. The molecule has 1 aromatic heterocycles. The molecule has 0 saturated heterocycles. The van der Waals surface area contributed by atoms with E-state index in [9.17, 15) is 8.78 Å². The zero-order valence-corrected chi connectivity index (χ0v) is 12.9. The van der Waals surface area contributed by atoms with Gasteiger partial charge in [-0.3, -0.25) is 16.0 Å². The van der Waals surface area contributed by atoms with Gasteiger partial charge in [0, 0.05) is 18.2 Å². The number of aryl methyl sites for hydroxylation is 2. The van der Waals surface area contributed by atoms with Crippen molar-refractivity contribution >= 4 is 23.2 Å². The van der Waals surface area contributed by atoms with E-state index in [1.807, 2.05) is 0 Å². The molecule has 0 aliphatic heterocycles. The van der Waals surface area contributed by atoms with Crippen LogP contribution in [0.1, 0.15) is 22.9 Å². The summed E-state index contributed by atoms with van der Waals surface area (Å²) in [6.45, 7) is 1.79. The van der Waals surface area contributed by atoms with Gasteiger partial charge in [0.05, 0.1) is 16.8 Å². The Labute approximate surface area is 130 Å². The van der Waals surface area contributed by atoms with Crippen LogP contribution in [0.2, 0.25) is 10.2 Å². The lowest BCUT2D eigenvalue weighted by molar-refractivity contribution is 0.502. The lowest BCUT2D eigenvalue weighted by Gasteiger charge is -2.17. The van der Waals surface area contributed by atoms with Crippen LogP contribution < -0.4 is 11.3 Å². The third-order valence-corrected chi connectivity index (χ3v) is 4.06. The highest BCUT2D eigenvalue weighted by Gasteiger charge is 2.21. The number of aromatic nitrogens is 2. The van der Waals surface area contributed by atoms with Crippen molar-refractivity contribution in [2.45, 2.75) is 19.4 Å². The fraction of sp³-hybridized carbons (Fsp3) is 0.308. The molecule has 0 fully saturated rings. The number of halogens is 4. The Morgan fingerprint density at radius 2 is 2.00 bits per heavy atom. The molecule has 0 radical (unpaired) electrons. The predicted molar refractivity (Wildman–Crippen MR) is 78.1 cm³/mol. The van der Waals surface area contributed by atoms with Crippen LogP contribution in [0.25, 0.3) is 0 Å². The summed E-state index contributed by atoms with van der Waals surface area (Å²) in [5, 5.41) is 4.33. The van der Waals surface area contributed by atoms with Crippen LogP contribution in [0.5, 0.6) is 0 Å². The lowest BCUT2D eigenvalue weighted by atomic mass is 9.99. The number of nitrogens with two attached hydrogens (primary N) is 1. The zero-order valence-electron chi connectivity index (χ0n) is 11.4. The van der Waals surface area contributed by atoms with E-state index in [0.717, 1.165) is 17.7 Å². The summed E-state index contributed by atoms with van der Waals surface area (Å²) in [6.07, 6.45) is 0.271. The standard InChI is InChI=1S/C13H14Cl2F2N4/c1-6-7(13(15)21(2)20-6)4-12(19-18)8-3-11(17)9(14)5-10(8)16/h3,5,12,19H,4,18H2,1-2H3. The molecule has 2 rings (SSSR count). The lowest BCUT2D eigenvalue weighted by Crippen LogP contribution is -2.30. The van der Waals surface area contributed by atoms with Gasteiger partial charge in [-0.15, -0.1) is 0 Å². The maximum absolute atomic E-state index is 14.0. The number of nitrogens with zero attached hydrogens (tertiary/aromatic N) is 2. The molecule has 0 aliphatic rings. The van der Waals surface area contributed by atoms with Crippen LogP contribution >= 0.6 is 23.2 Å². The van der Waals surface area contributed by atoms with Crippen molar-refractivity contribution in [3.8, 4) is 0 Å². The summed E-state index contributed by atoms with van der Waals surface area (Å²) >= 11 is 11.7. The van der Waals surface area contributed by atoms with Gasteiger partial charge < -0.3 is 0 Å². The van der Waals surface area contributed by atoms with Crippen molar-refractivity contribution in [1.82, 2.24) is 15.2 Å². The molecule has 4 nitrogen and oxygen atoms in total. The Morgan fingerprint density at radius 3 is 2.52 bits per heavy atom. The second-order valence-corrected chi connectivity index (χ2v) is 5.45. The summed E-state index contributed by atoms with van der Waals surface area (Å²) in [7, 11) is 1.70. The van der Waals surface area contributed by atoms with E-state index >= 15 is 0 Å². The summed E-state index contributed by atoms with van der Waals surface area (Å²) in [5.74, 6) is 4.13. The van der Waals surface area contributed by atoms with Crippen LogP contribution in [0, 0.1) is 18.6 Å². The highest BCUT2D eigenvalue weighted by atomic mass is 35.5. The Hall–Kier alpha value is -1.21. The SMILES string of the molecule is Cc1nn(C)c(Cl)c1CC(NN)c1cc(F)c(Cl)cc1F. The number of hydrogen-bond acceptors (Lipinski definition) is 3. The first-order valence-corrected chi connectivity index (χ1v) is 6.89. The van der Waals surface area contributed by atoms with Crippen molar-refractivity contribution < 1.29 is 8.78 Å². The third-order valence-electron chi connectivity index (χ3n) is 3.29. The van der Waals surface area contributed by atoms with E-state index in [4.69, 9.17) is 29.0 Å². The maximum atomic E-state index is 14.0. The second kappa shape index (κ2) is 6.27. The Bertz CT molecular complexity index is 673. The van der Waals surface area contributed by atoms with E-state index in [2.05, 4.69) is 10.5 Å². The minimum Gasteiger partial charge on any atom is -0.271 e. The van der Waals surface area contributed by atoms with Crippen molar-refractivity contribution in [1.29, 1.82) is 0 Å². The molecular weight excluding hydrogens is 321 g/mol. The first-order chi connectivity index (χ1) is 9.85. The molecule has 1 atom stereocenters. The van der Waals surface area contributed by atoms with Crippen molar-refractivity contribution in [2.24, 2.45) is 12.9 Å². The molecular formula is C13H14Cl2F2N4. The Kier molecular flexibility index (Phi) is 4.83. The monoisotopic (exact) mass is 334 g/mol. The van der Waals surface area contributed by atoms with Gasteiger partial charge in [0.2, 0.25) is 0 Å². The average molecular weight is 335 g/mol. The molecule has 1 heterocycles. The summed E-state index contributed by atoms with van der Waals surface area (Å²) in [5.41, 5.74) is 3.98. The highest BCUT2D eigenvalue weighted by molar-refractivity contribution is 6.30. The molecule has 2 aromatic rings. The molecule has 3 N–H and O–H groups in total. The molecule has 0 spiro atoms. The first kappa shape index (κ1) is 16.2. The third kappa shape index (κ3) is 3.18. The molecule has 0 bridgehead atoms. The molecule has 1 unspecified atom stereocenters. The first-order valence-electron chi connectivity index (χ1n) is 6.13. The van der Waals surface area contributed by atoms with Gasteiger partial charge >= 0.3 is 0 Å². The molecule has 1 aromatic carbocycles. The predicted octanol–water partition coefficient (Wildman–Crippen LogP) is 3.06. The van der Waals surface area contributed by atoms with Gasteiger partial charge in [-0.1, -0.05) is 23.2 Å². The molecule has 0 amide bonds. The average Bonchev–Trinajstić information content (AvgIpc) is 2.66. The van der Waals surface area contributed by atoms with Crippen molar-refractivity contribution in [3.05, 3.63) is 50.8 Å². The Morgan fingerprint density at radius 1 is 1.33 bits per heavy atom. The van der Waals surface area contributed by atoms with Gasteiger partial charge in [0.15, 0.2) is 0 Å². The molecule has 21 heavy (non-hydrogen) atoms. The van der Waals surface area contributed by atoms with Crippen LogP contribution in [0.4, 0.5) is 8.78 Å². The number of benzene rings is 1. The smallest absolute Gasteiger partial charge is 0.142 e. The van der Waals surface area contributed by atoms with Crippen LogP contribution in [-0.4, -0.2) is 9.78 Å². The quantitative estimate of drug-likeness (QED) is 0.513. The maximum Gasteiger partial charge on any atom is 0.142 e. The molecule has 8 heteroatoms. The van der Waals surface area contributed by atoms with Gasteiger partial charge in [-0.05, 0) is 25.5 Å². The zero-order chi connectivity index (χ0) is 15.7. The van der Waals surface area contributed by atoms with Crippen LogP contribution in [0.15, 0.2) is 12.1 Å². The summed E-state index contributed by atoms with van der Waals surface area (Å²) in [4.78, 5) is 0. The topological polar surface area (TPSA) is 55.9 Å². The number of hydrogen-bond donors (Lipinski definition) is 2. The van der Waals surface area contributed by atoms with E-state index in [1.165, 1.54) is 4.68 Å².